The molecular weight excluding hydrogens is 228 g/mol. The summed E-state index contributed by atoms with van der Waals surface area (Å²) >= 11 is 0. The van der Waals surface area contributed by atoms with Crippen LogP contribution in [0.15, 0.2) is 30.3 Å². The molecule has 1 aliphatic rings. The van der Waals surface area contributed by atoms with Crippen LogP contribution in [-0.4, -0.2) is 24.6 Å². The van der Waals surface area contributed by atoms with E-state index >= 15 is 0 Å². The van der Waals surface area contributed by atoms with Crippen LogP contribution in [-0.2, 0) is 4.79 Å². The quantitative estimate of drug-likeness (QED) is 0.844. The highest BCUT2D eigenvalue weighted by atomic mass is 16.5. The molecule has 0 bridgehead atoms. The van der Waals surface area contributed by atoms with E-state index < -0.39 is 0 Å². The predicted molar refractivity (Wildman–Crippen MR) is 70.2 cm³/mol. The van der Waals surface area contributed by atoms with E-state index in [1.165, 1.54) is 0 Å². The molecule has 1 amide bonds. The Morgan fingerprint density at radius 2 is 2.11 bits per heavy atom. The van der Waals surface area contributed by atoms with Gasteiger partial charge in [0.1, 0.15) is 5.75 Å². The molecule has 0 aromatic heterocycles. The number of nitrogens with one attached hydrogen (secondary N) is 1. The summed E-state index contributed by atoms with van der Waals surface area (Å²) in [6, 6.07) is 9.64. The van der Waals surface area contributed by atoms with Gasteiger partial charge in [-0.2, -0.15) is 0 Å². The second kappa shape index (κ2) is 4.98. The zero-order valence-electron chi connectivity index (χ0n) is 10.8. The topological polar surface area (TPSA) is 64.3 Å². The summed E-state index contributed by atoms with van der Waals surface area (Å²) in [5.74, 6) is 0.612. The van der Waals surface area contributed by atoms with E-state index in [0.29, 0.717) is 5.75 Å². The normalized spacial score (nSPS) is 25.1. The molecule has 2 unspecified atom stereocenters. The van der Waals surface area contributed by atoms with Gasteiger partial charge in [-0.25, -0.2) is 0 Å². The molecule has 2 atom stereocenters. The number of hydrogen-bond acceptors (Lipinski definition) is 3. The summed E-state index contributed by atoms with van der Waals surface area (Å²) in [7, 11) is 0. The molecule has 18 heavy (non-hydrogen) atoms. The Bertz CT molecular complexity index is 417. The molecule has 0 spiro atoms. The maximum absolute atomic E-state index is 11.7. The number of benzene rings is 1. The fourth-order valence-corrected chi connectivity index (χ4v) is 2.11. The molecule has 1 aromatic carbocycles. The molecule has 0 radical (unpaired) electrons. The van der Waals surface area contributed by atoms with Crippen molar-refractivity contribution >= 4 is 5.91 Å². The van der Waals surface area contributed by atoms with Gasteiger partial charge in [0.05, 0.1) is 0 Å². The second-order valence-electron chi connectivity index (χ2n) is 5.39. The monoisotopic (exact) mass is 248 g/mol. The number of hydrogen-bond donors (Lipinski definition) is 2. The third-order valence-electron chi connectivity index (χ3n) is 3.79. The Hall–Kier alpha value is -1.55. The molecule has 4 heteroatoms. The first-order chi connectivity index (χ1) is 8.50. The highest BCUT2D eigenvalue weighted by Crippen LogP contribution is 2.38. The standard InChI is InChI=1S/C14H20N2O2/c1-14(2)11(15)8-12(14)16-13(17)9-18-10-6-4-3-5-7-10/h3-7,11-12H,8-9,15H2,1-2H3,(H,16,17). The highest BCUT2D eigenvalue weighted by Gasteiger charge is 2.46. The summed E-state index contributed by atoms with van der Waals surface area (Å²) in [5, 5.41) is 2.96. The van der Waals surface area contributed by atoms with Crippen LogP contribution in [0.3, 0.4) is 0 Å². The zero-order valence-corrected chi connectivity index (χ0v) is 10.8. The van der Waals surface area contributed by atoms with E-state index in [4.69, 9.17) is 10.5 Å². The molecule has 1 fully saturated rings. The van der Waals surface area contributed by atoms with Crippen molar-refractivity contribution in [2.24, 2.45) is 11.1 Å². The van der Waals surface area contributed by atoms with Gasteiger partial charge in [-0.05, 0) is 18.6 Å². The van der Waals surface area contributed by atoms with Crippen LogP contribution in [0.5, 0.6) is 5.75 Å². The van der Waals surface area contributed by atoms with Gasteiger partial charge in [-0.15, -0.1) is 0 Å². The number of ether oxygens (including phenoxy) is 1. The largest absolute Gasteiger partial charge is 0.484 e. The lowest BCUT2D eigenvalue weighted by Crippen LogP contribution is -2.64. The van der Waals surface area contributed by atoms with Crippen molar-refractivity contribution in [2.75, 3.05) is 6.61 Å². The van der Waals surface area contributed by atoms with Crippen molar-refractivity contribution in [2.45, 2.75) is 32.4 Å². The molecule has 4 nitrogen and oxygen atoms in total. The minimum absolute atomic E-state index is 0.0254. The van der Waals surface area contributed by atoms with Crippen molar-refractivity contribution in [1.82, 2.24) is 5.32 Å². The number of nitrogens with two attached hydrogens (primary N) is 1. The first kappa shape index (κ1) is 12.9. The Morgan fingerprint density at radius 3 is 2.67 bits per heavy atom. The van der Waals surface area contributed by atoms with Gasteiger partial charge in [0.2, 0.25) is 0 Å². The van der Waals surface area contributed by atoms with Crippen LogP contribution in [0, 0.1) is 5.41 Å². The molecule has 0 heterocycles. The Balaban J connectivity index is 1.77. The summed E-state index contributed by atoms with van der Waals surface area (Å²) in [4.78, 5) is 11.7. The fraction of sp³-hybridized carbons (Fsp3) is 0.500. The molecule has 98 valence electrons. The van der Waals surface area contributed by atoms with Crippen molar-refractivity contribution in [3.05, 3.63) is 30.3 Å². The summed E-state index contributed by atoms with van der Waals surface area (Å²) in [6.07, 6.45) is 0.837. The van der Waals surface area contributed by atoms with Crippen LogP contribution < -0.4 is 15.8 Å². The SMILES string of the molecule is CC1(C)C(N)CC1NC(=O)COc1ccccc1. The predicted octanol–water partition coefficient (Wildman–Crippen LogP) is 1.31. The maximum Gasteiger partial charge on any atom is 0.258 e. The number of para-hydroxylation sites is 1. The molecule has 1 aliphatic carbocycles. The Labute approximate surface area is 108 Å². The van der Waals surface area contributed by atoms with Crippen LogP contribution in [0.4, 0.5) is 0 Å². The number of carbonyl (C=O) groups is 1. The van der Waals surface area contributed by atoms with E-state index in [2.05, 4.69) is 19.2 Å². The molecule has 1 aromatic rings. The molecular formula is C14H20N2O2. The Kier molecular flexibility index (Phi) is 3.57. The van der Waals surface area contributed by atoms with Gasteiger partial charge < -0.3 is 15.8 Å². The Morgan fingerprint density at radius 1 is 1.44 bits per heavy atom. The van der Waals surface area contributed by atoms with Gasteiger partial charge in [0.15, 0.2) is 6.61 Å². The summed E-state index contributed by atoms with van der Waals surface area (Å²) in [5.41, 5.74) is 5.88. The van der Waals surface area contributed by atoms with Gasteiger partial charge in [0.25, 0.3) is 5.91 Å². The molecule has 0 saturated heterocycles. The van der Waals surface area contributed by atoms with Gasteiger partial charge in [-0.3, -0.25) is 4.79 Å². The van der Waals surface area contributed by atoms with E-state index in [9.17, 15) is 4.79 Å². The number of carbonyl (C=O) groups excluding carboxylic acids is 1. The van der Waals surface area contributed by atoms with Gasteiger partial charge in [-0.1, -0.05) is 32.0 Å². The van der Waals surface area contributed by atoms with Crippen LogP contribution in [0.25, 0.3) is 0 Å². The average Bonchev–Trinajstić information content (AvgIpc) is 2.37. The minimum atomic E-state index is -0.0937. The molecule has 0 aliphatic heterocycles. The van der Waals surface area contributed by atoms with Crippen molar-refractivity contribution in [1.29, 1.82) is 0 Å². The minimum Gasteiger partial charge on any atom is -0.484 e. The lowest BCUT2D eigenvalue weighted by molar-refractivity contribution is -0.126. The van der Waals surface area contributed by atoms with E-state index in [1.807, 2.05) is 30.3 Å². The summed E-state index contributed by atoms with van der Waals surface area (Å²) in [6.45, 7) is 4.19. The number of amides is 1. The van der Waals surface area contributed by atoms with E-state index in [-0.39, 0.29) is 30.0 Å². The third-order valence-corrected chi connectivity index (χ3v) is 3.79. The van der Waals surface area contributed by atoms with Crippen molar-refractivity contribution in [3.63, 3.8) is 0 Å². The summed E-state index contributed by atoms with van der Waals surface area (Å²) < 4.78 is 5.39. The van der Waals surface area contributed by atoms with E-state index in [1.54, 1.807) is 0 Å². The molecule has 2 rings (SSSR count). The molecule has 3 N–H and O–H groups in total. The lowest BCUT2D eigenvalue weighted by atomic mass is 9.63. The first-order valence-electron chi connectivity index (χ1n) is 6.23. The smallest absolute Gasteiger partial charge is 0.258 e. The highest BCUT2D eigenvalue weighted by molar-refractivity contribution is 5.78. The zero-order chi connectivity index (χ0) is 13.2. The maximum atomic E-state index is 11.7. The van der Waals surface area contributed by atoms with Gasteiger partial charge in [0, 0.05) is 17.5 Å². The van der Waals surface area contributed by atoms with Crippen molar-refractivity contribution in [3.8, 4) is 5.75 Å². The third kappa shape index (κ3) is 2.64. The van der Waals surface area contributed by atoms with Crippen LogP contribution in [0.1, 0.15) is 20.3 Å². The lowest BCUT2D eigenvalue weighted by Gasteiger charge is -2.50. The van der Waals surface area contributed by atoms with Crippen LogP contribution in [0.2, 0.25) is 0 Å². The van der Waals surface area contributed by atoms with E-state index in [0.717, 1.165) is 6.42 Å². The van der Waals surface area contributed by atoms with Crippen molar-refractivity contribution < 1.29 is 9.53 Å². The average molecular weight is 248 g/mol. The first-order valence-corrected chi connectivity index (χ1v) is 6.23. The second-order valence-corrected chi connectivity index (χ2v) is 5.39. The van der Waals surface area contributed by atoms with Gasteiger partial charge >= 0.3 is 0 Å². The van der Waals surface area contributed by atoms with Crippen LogP contribution >= 0.6 is 0 Å². The molecule has 1 saturated carbocycles. The number of rotatable bonds is 4. The fourth-order valence-electron chi connectivity index (χ4n) is 2.11.